The smallest absolute Gasteiger partial charge is 0.198 e. The second-order valence-electron chi connectivity index (χ2n) is 1.36. The van der Waals surface area contributed by atoms with Gasteiger partial charge in [-0.2, -0.15) is 18.6 Å². The molecule has 4 nitrogen and oxygen atoms in total. The first kappa shape index (κ1) is 12.5. The van der Waals surface area contributed by atoms with Crippen LogP contribution >= 0.6 is 0 Å². The summed E-state index contributed by atoms with van der Waals surface area (Å²) in [7, 11) is -3.39. The summed E-state index contributed by atoms with van der Waals surface area (Å²) < 4.78 is 24.2. The van der Waals surface area contributed by atoms with Crippen LogP contribution in [-0.4, -0.2) is 14.2 Å². The van der Waals surface area contributed by atoms with Gasteiger partial charge in [-0.3, -0.25) is 0 Å². The molecule has 0 unspecified atom stereocenters. The van der Waals surface area contributed by atoms with E-state index in [2.05, 4.69) is 10.2 Å². The van der Waals surface area contributed by atoms with Gasteiger partial charge in [0.25, 0.3) is 10.1 Å². The summed E-state index contributed by atoms with van der Waals surface area (Å²) in [6, 6.07) is 0. The van der Waals surface area contributed by atoms with Crippen LogP contribution in [-0.2, 0) is 14.4 Å². The third-order valence-electron chi connectivity index (χ3n) is 0.601. The molecule has 0 aliphatic carbocycles. The molecule has 0 saturated heterocycles. The summed E-state index contributed by atoms with van der Waals surface area (Å²) >= 11 is 0. The standard InChI is InChI=1S/C3H9NO3S.Na/c1-2-3-8(5,6)7-4;/h2-4H2,1H3;/q;+1. The van der Waals surface area contributed by atoms with Crippen molar-refractivity contribution in [1.82, 2.24) is 0 Å². The molecule has 50 valence electrons. The van der Waals surface area contributed by atoms with E-state index >= 15 is 0 Å². The van der Waals surface area contributed by atoms with Crippen LogP contribution < -0.4 is 35.5 Å². The van der Waals surface area contributed by atoms with Crippen molar-refractivity contribution in [3.8, 4) is 0 Å². The molecule has 9 heavy (non-hydrogen) atoms. The number of hydrogen-bond donors (Lipinski definition) is 1. The monoisotopic (exact) mass is 162 g/mol. The van der Waals surface area contributed by atoms with Crippen molar-refractivity contribution in [3.05, 3.63) is 0 Å². The van der Waals surface area contributed by atoms with E-state index < -0.39 is 10.1 Å². The quantitative estimate of drug-likeness (QED) is 0.347. The van der Waals surface area contributed by atoms with Crippen LogP contribution in [0.25, 0.3) is 0 Å². The zero-order valence-electron chi connectivity index (χ0n) is 5.62. The van der Waals surface area contributed by atoms with Gasteiger partial charge in [-0.05, 0) is 6.42 Å². The maximum atomic E-state index is 10.3. The van der Waals surface area contributed by atoms with E-state index in [0.29, 0.717) is 6.42 Å². The molecule has 0 bridgehead atoms. The fourth-order valence-corrected chi connectivity index (χ4v) is 0.894. The van der Waals surface area contributed by atoms with Gasteiger partial charge in [0.1, 0.15) is 0 Å². The summed E-state index contributed by atoms with van der Waals surface area (Å²) in [5, 5.41) is 0. The van der Waals surface area contributed by atoms with Crippen LogP contribution in [0.2, 0.25) is 0 Å². The molecule has 0 saturated carbocycles. The minimum Gasteiger partial charge on any atom is -0.198 e. The first-order valence-corrected chi connectivity index (χ1v) is 3.81. The van der Waals surface area contributed by atoms with Crippen LogP contribution in [0.4, 0.5) is 0 Å². The third-order valence-corrected chi connectivity index (χ3v) is 1.80. The third kappa shape index (κ3) is 6.76. The van der Waals surface area contributed by atoms with Crippen molar-refractivity contribution in [2.75, 3.05) is 5.75 Å². The molecule has 0 rings (SSSR count). The summed E-state index contributed by atoms with van der Waals surface area (Å²) in [4.78, 5) is 0. The van der Waals surface area contributed by atoms with Crippen LogP contribution in [0.5, 0.6) is 0 Å². The van der Waals surface area contributed by atoms with Gasteiger partial charge in [0.05, 0.1) is 5.75 Å². The fraction of sp³-hybridized carbons (Fsp3) is 1.00. The van der Waals surface area contributed by atoms with Crippen molar-refractivity contribution >= 4 is 10.1 Å². The largest absolute Gasteiger partial charge is 1.00 e. The second kappa shape index (κ2) is 5.64. The summed E-state index contributed by atoms with van der Waals surface area (Å²) in [5.41, 5.74) is 0. The molecule has 0 amide bonds. The van der Waals surface area contributed by atoms with Gasteiger partial charge >= 0.3 is 29.6 Å². The van der Waals surface area contributed by atoms with Gasteiger partial charge < -0.3 is 0 Å². The zero-order valence-corrected chi connectivity index (χ0v) is 8.44. The number of hydrogen-bond acceptors (Lipinski definition) is 4. The predicted octanol–water partition coefficient (Wildman–Crippen LogP) is -3.38. The van der Waals surface area contributed by atoms with Crippen molar-refractivity contribution in [3.63, 3.8) is 0 Å². The Morgan fingerprint density at radius 3 is 2.11 bits per heavy atom. The molecule has 0 atom stereocenters. The second-order valence-corrected chi connectivity index (χ2v) is 3.07. The molecular weight excluding hydrogens is 153 g/mol. The minimum absolute atomic E-state index is 0. The van der Waals surface area contributed by atoms with Crippen molar-refractivity contribution in [1.29, 1.82) is 0 Å². The van der Waals surface area contributed by atoms with E-state index in [9.17, 15) is 8.42 Å². The molecule has 6 heteroatoms. The van der Waals surface area contributed by atoms with E-state index in [1.54, 1.807) is 6.92 Å². The Morgan fingerprint density at radius 2 is 2.00 bits per heavy atom. The average molecular weight is 162 g/mol. The predicted molar refractivity (Wildman–Crippen MR) is 29.4 cm³/mol. The van der Waals surface area contributed by atoms with Crippen LogP contribution in [0.15, 0.2) is 0 Å². The van der Waals surface area contributed by atoms with Gasteiger partial charge in [0, 0.05) is 0 Å². The van der Waals surface area contributed by atoms with Gasteiger partial charge in [0.2, 0.25) is 0 Å². The van der Waals surface area contributed by atoms with Gasteiger partial charge in [0.15, 0.2) is 0 Å². The van der Waals surface area contributed by atoms with Gasteiger partial charge in [-0.25, -0.2) is 0 Å². The SMILES string of the molecule is CCCS(=O)(=O)ON.[Na+]. The van der Waals surface area contributed by atoms with E-state index in [0.717, 1.165) is 0 Å². The molecule has 0 fully saturated rings. The Balaban J connectivity index is 0. The Hall–Kier alpha value is 0.870. The fourth-order valence-electron chi connectivity index (χ4n) is 0.298. The molecule has 0 aromatic heterocycles. The van der Waals surface area contributed by atoms with E-state index in [4.69, 9.17) is 0 Å². The summed E-state index contributed by atoms with van der Waals surface area (Å²) in [6.45, 7) is 1.73. The minimum atomic E-state index is -3.39. The zero-order chi connectivity index (χ0) is 6.62. The molecular formula is C3H9NNaO3S+. The maximum absolute atomic E-state index is 10.3. The van der Waals surface area contributed by atoms with Crippen molar-refractivity contribution in [2.45, 2.75) is 13.3 Å². The number of nitrogens with two attached hydrogens (primary N) is 1. The van der Waals surface area contributed by atoms with Gasteiger partial charge in [-0.1, -0.05) is 6.92 Å². The molecule has 0 aromatic rings. The summed E-state index contributed by atoms with van der Waals surface area (Å²) in [5.74, 6) is 4.39. The van der Waals surface area contributed by atoms with Crippen molar-refractivity contribution < 1.29 is 42.3 Å². The maximum Gasteiger partial charge on any atom is 1.00 e. The van der Waals surface area contributed by atoms with E-state index in [-0.39, 0.29) is 35.3 Å². The molecule has 0 radical (unpaired) electrons. The van der Waals surface area contributed by atoms with Crippen LogP contribution in [0.3, 0.4) is 0 Å². The topological polar surface area (TPSA) is 69.4 Å². The molecule has 2 N–H and O–H groups in total. The molecule has 0 heterocycles. The first-order chi connectivity index (χ1) is 3.62. The van der Waals surface area contributed by atoms with Gasteiger partial charge in [-0.15, -0.1) is 0 Å². The molecule has 0 aliphatic rings. The first-order valence-electron chi connectivity index (χ1n) is 2.23. The Kier molecular flexibility index (Phi) is 7.86. The molecule has 0 spiro atoms. The molecule has 0 aromatic carbocycles. The Bertz CT molecular complexity index is 143. The van der Waals surface area contributed by atoms with Crippen molar-refractivity contribution in [2.24, 2.45) is 5.90 Å². The normalized spacial score (nSPS) is 10.4. The van der Waals surface area contributed by atoms with E-state index in [1.165, 1.54) is 0 Å². The Labute approximate surface area is 77.1 Å². The number of rotatable bonds is 3. The van der Waals surface area contributed by atoms with Crippen LogP contribution in [0, 0.1) is 0 Å². The molecule has 0 aliphatic heterocycles. The van der Waals surface area contributed by atoms with E-state index in [1.807, 2.05) is 0 Å². The van der Waals surface area contributed by atoms with Crippen LogP contribution in [0.1, 0.15) is 13.3 Å². The summed E-state index contributed by atoms with van der Waals surface area (Å²) in [6.07, 6.45) is 0.527. The average Bonchev–Trinajstić information content (AvgIpc) is 1.67. The Morgan fingerprint density at radius 1 is 1.56 bits per heavy atom.